The average Bonchev–Trinajstić information content (AvgIpc) is 2.89. The smallest absolute Gasteiger partial charge is 0.184 e. The van der Waals surface area contributed by atoms with Crippen molar-refractivity contribution >= 4 is 38.4 Å². The van der Waals surface area contributed by atoms with E-state index in [1.54, 1.807) is 11.3 Å². The monoisotopic (exact) mass is 322 g/mol. The van der Waals surface area contributed by atoms with Crippen LogP contribution >= 0.6 is 23.1 Å². The van der Waals surface area contributed by atoms with E-state index in [4.69, 9.17) is 9.72 Å². The number of thiazole rings is 1. The molecule has 0 radical (unpaired) electrons. The van der Waals surface area contributed by atoms with E-state index in [9.17, 15) is 0 Å². The lowest BCUT2D eigenvalue weighted by atomic mass is 9.95. The molecule has 114 valence electrons. The summed E-state index contributed by atoms with van der Waals surface area (Å²) in [5.74, 6) is 0.931. The van der Waals surface area contributed by atoms with E-state index in [2.05, 4.69) is 17.6 Å². The highest BCUT2D eigenvalue weighted by Crippen LogP contribution is 2.33. The van der Waals surface area contributed by atoms with Crippen LogP contribution in [0.2, 0.25) is 0 Å². The summed E-state index contributed by atoms with van der Waals surface area (Å²) in [5, 5.41) is 5.49. The van der Waals surface area contributed by atoms with Gasteiger partial charge in [0.25, 0.3) is 0 Å². The maximum Gasteiger partial charge on any atom is 0.184 e. The van der Waals surface area contributed by atoms with E-state index in [0.29, 0.717) is 12.6 Å². The van der Waals surface area contributed by atoms with Gasteiger partial charge in [-0.05, 0) is 50.6 Å². The van der Waals surface area contributed by atoms with Gasteiger partial charge in [-0.1, -0.05) is 17.8 Å². The number of nitrogens with zero attached hydrogens (tertiary/aromatic N) is 1. The number of anilines is 1. The Morgan fingerprint density at radius 2 is 2.33 bits per heavy atom. The third-order valence-corrected chi connectivity index (χ3v) is 6.00. The topological polar surface area (TPSA) is 34.1 Å². The van der Waals surface area contributed by atoms with Gasteiger partial charge in [-0.3, -0.25) is 0 Å². The number of thioether (sulfide) groups is 1. The predicted octanol–water partition coefficient (Wildman–Crippen LogP) is 4.78. The van der Waals surface area contributed by atoms with Gasteiger partial charge in [0.2, 0.25) is 0 Å². The van der Waals surface area contributed by atoms with Gasteiger partial charge in [-0.15, -0.1) is 0 Å². The fourth-order valence-electron chi connectivity index (χ4n) is 2.89. The highest BCUT2D eigenvalue weighted by atomic mass is 32.2. The average molecular weight is 322 g/mol. The highest BCUT2D eigenvalue weighted by Gasteiger charge is 2.21. The van der Waals surface area contributed by atoms with Crippen LogP contribution in [0.3, 0.4) is 0 Å². The van der Waals surface area contributed by atoms with Gasteiger partial charge in [-0.25, -0.2) is 4.98 Å². The lowest BCUT2D eigenvalue weighted by Crippen LogP contribution is -2.28. The SMILES string of the molecule is CCOc1ccc2nc(NC3CCCC(SC)C3)sc2c1. The molecule has 2 atom stereocenters. The summed E-state index contributed by atoms with van der Waals surface area (Å²) in [7, 11) is 0. The molecule has 1 fully saturated rings. The summed E-state index contributed by atoms with van der Waals surface area (Å²) in [5.41, 5.74) is 1.06. The molecular weight excluding hydrogens is 300 g/mol. The van der Waals surface area contributed by atoms with Crippen molar-refractivity contribution in [3.05, 3.63) is 18.2 Å². The third-order valence-electron chi connectivity index (χ3n) is 3.96. The van der Waals surface area contributed by atoms with Gasteiger partial charge in [0.05, 0.1) is 16.8 Å². The van der Waals surface area contributed by atoms with E-state index in [0.717, 1.165) is 21.6 Å². The quantitative estimate of drug-likeness (QED) is 0.859. The number of aromatic nitrogens is 1. The van der Waals surface area contributed by atoms with Gasteiger partial charge in [0, 0.05) is 11.3 Å². The minimum atomic E-state index is 0.572. The molecule has 1 heterocycles. The lowest BCUT2D eigenvalue weighted by Gasteiger charge is -2.28. The standard InChI is InChI=1S/C16H22N2OS2/c1-3-19-12-7-8-14-15(10-12)21-16(18-14)17-11-5-4-6-13(9-11)20-2/h7-8,10-11,13H,3-6,9H2,1-2H3,(H,17,18). The van der Waals surface area contributed by atoms with Crippen LogP contribution in [0.4, 0.5) is 5.13 Å². The first kappa shape index (κ1) is 15.0. The summed E-state index contributed by atoms with van der Waals surface area (Å²) in [6.45, 7) is 2.71. The Kier molecular flexibility index (Phi) is 4.91. The molecule has 1 aromatic heterocycles. The molecule has 1 aliphatic rings. The Bertz CT molecular complexity index is 599. The van der Waals surface area contributed by atoms with Gasteiger partial charge < -0.3 is 10.1 Å². The number of fused-ring (bicyclic) bond motifs is 1. The Balaban J connectivity index is 1.72. The van der Waals surface area contributed by atoms with Crippen LogP contribution in [0.1, 0.15) is 32.6 Å². The number of hydrogen-bond donors (Lipinski definition) is 1. The van der Waals surface area contributed by atoms with Crippen molar-refractivity contribution in [1.29, 1.82) is 0 Å². The predicted molar refractivity (Wildman–Crippen MR) is 94.0 cm³/mol. The second-order valence-electron chi connectivity index (χ2n) is 5.45. The Morgan fingerprint density at radius 3 is 3.14 bits per heavy atom. The third kappa shape index (κ3) is 3.64. The molecule has 3 rings (SSSR count). The molecule has 0 aliphatic heterocycles. The molecule has 2 unspecified atom stereocenters. The molecule has 1 saturated carbocycles. The van der Waals surface area contributed by atoms with Gasteiger partial charge in [0.1, 0.15) is 5.75 Å². The van der Waals surface area contributed by atoms with E-state index in [1.807, 2.05) is 30.8 Å². The summed E-state index contributed by atoms with van der Waals surface area (Å²) in [6.07, 6.45) is 7.41. The number of nitrogens with one attached hydrogen (secondary N) is 1. The minimum absolute atomic E-state index is 0.572. The molecule has 1 aromatic carbocycles. The van der Waals surface area contributed by atoms with Crippen LogP contribution in [0, 0.1) is 0 Å². The molecule has 2 aromatic rings. The zero-order chi connectivity index (χ0) is 14.7. The highest BCUT2D eigenvalue weighted by molar-refractivity contribution is 7.99. The van der Waals surface area contributed by atoms with Crippen molar-refractivity contribution in [2.75, 3.05) is 18.2 Å². The molecule has 1 N–H and O–H groups in total. The lowest BCUT2D eigenvalue weighted by molar-refractivity contribution is 0.341. The van der Waals surface area contributed by atoms with Gasteiger partial charge in [-0.2, -0.15) is 11.8 Å². The van der Waals surface area contributed by atoms with Gasteiger partial charge >= 0.3 is 0 Å². The fraction of sp³-hybridized carbons (Fsp3) is 0.562. The zero-order valence-electron chi connectivity index (χ0n) is 12.6. The van der Waals surface area contributed by atoms with Gasteiger partial charge in [0.15, 0.2) is 5.13 Å². The number of rotatable bonds is 5. The first-order valence-electron chi connectivity index (χ1n) is 7.61. The number of benzene rings is 1. The second-order valence-corrected chi connectivity index (χ2v) is 7.62. The van der Waals surface area contributed by atoms with Crippen molar-refractivity contribution in [2.24, 2.45) is 0 Å². The summed E-state index contributed by atoms with van der Waals surface area (Å²) >= 11 is 3.73. The molecule has 0 spiro atoms. The van der Waals surface area contributed by atoms with Crippen LogP contribution in [0.15, 0.2) is 18.2 Å². The molecule has 21 heavy (non-hydrogen) atoms. The van der Waals surface area contributed by atoms with Crippen molar-refractivity contribution in [3.8, 4) is 5.75 Å². The summed E-state index contributed by atoms with van der Waals surface area (Å²) in [6, 6.07) is 6.71. The summed E-state index contributed by atoms with van der Waals surface area (Å²) in [4.78, 5) is 4.70. The molecule has 0 saturated heterocycles. The van der Waals surface area contributed by atoms with Crippen LogP contribution in [-0.4, -0.2) is 29.1 Å². The number of hydrogen-bond acceptors (Lipinski definition) is 5. The van der Waals surface area contributed by atoms with E-state index >= 15 is 0 Å². The molecule has 0 amide bonds. The summed E-state index contributed by atoms with van der Waals surface area (Å²) < 4.78 is 6.75. The maximum atomic E-state index is 5.56. The largest absolute Gasteiger partial charge is 0.494 e. The van der Waals surface area contributed by atoms with Crippen molar-refractivity contribution < 1.29 is 4.74 Å². The molecule has 0 bridgehead atoms. The Labute approximate surface area is 134 Å². The van der Waals surface area contributed by atoms with Crippen LogP contribution < -0.4 is 10.1 Å². The fourth-order valence-corrected chi connectivity index (χ4v) is 4.69. The van der Waals surface area contributed by atoms with E-state index in [-0.39, 0.29) is 0 Å². The van der Waals surface area contributed by atoms with E-state index < -0.39 is 0 Å². The first-order valence-corrected chi connectivity index (χ1v) is 9.71. The van der Waals surface area contributed by atoms with E-state index in [1.165, 1.54) is 30.4 Å². The minimum Gasteiger partial charge on any atom is -0.494 e. The molecular formula is C16H22N2OS2. The zero-order valence-corrected chi connectivity index (χ0v) is 14.2. The molecule has 1 aliphatic carbocycles. The molecule has 5 heteroatoms. The normalized spacial score (nSPS) is 22.4. The van der Waals surface area contributed by atoms with Crippen LogP contribution in [0.5, 0.6) is 5.75 Å². The maximum absolute atomic E-state index is 5.56. The van der Waals surface area contributed by atoms with Crippen molar-refractivity contribution in [1.82, 2.24) is 4.98 Å². The Morgan fingerprint density at radius 1 is 1.43 bits per heavy atom. The van der Waals surface area contributed by atoms with Crippen LogP contribution in [-0.2, 0) is 0 Å². The molecule has 3 nitrogen and oxygen atoms in total. The first-order chi connectivity index (χ1) is 10.3. The number of ether oxygens (including phenoxy) is 1. The second kappa shape index (κ2) is 6.88. The Hall–Kier alpha value is -0.940. The van der Waals surface area contributed by atoms with Crippen LogP contribution in [0.25, 0.3) is 10.2 Å². The van der Waals surface area contributed by atoms with Crippen molar-refractivity contribution in [2.45, 2.75) is 43.9 Å². The van der Waals surface area contributed by atoms with Crippen molar-refractivity contribution in [3.63, 3.8) is 0 Å².